The van der Waals surface area contributed by atoms with E-state index in [4.69, 9.17) is 17.0 Å². The Balaban J connectivity index is 1.91. The van der Waals surface area contributed by atoms with Crippen LogP contribution in [0.2, 0.25) is 0 Å². The van der Waals surface area contributed by atoms with Crippen molar-refractivity contribution >= 4 is 50.9 Å². The smallest absolute Gasteiger partial charge is 0.281 e. The highest BCUT2D eigenvalue weighted by molar-refractivity contribution is 9.10. The highest BCUT2D eigenvalue weighted by atomic mass is 79.9. The van der Waals surface area contributed by atoms with Crippen LogP contribution in [0.5, 0.6) is 5.75 Å². The lowest BCUT2D eigenvalue weighted by Gasteiger charge is -2.14. The molecule has 0 spiro atoms. The number of halogens is 1. The van der Waals surface area contributed by atoms with Crippen LogP contribution >= 0.6 is 28.1 Å². The van der Waals surface area contributed by atoms with Crippen LogP contribution in [0.15, 0.2) is 52.6 Å². The summed E-state index contributed by atoms with van der Waals surface area (Å²) in [5, 5.41) is 3.39. The van der Waals surface area contributed by atoms with E-state index in [1.54, 1.807) is 13.2 Å². The maximum atomic E-state index is 12.8. The van der Waals surface area contributed by atoms with E-state index < -0.39 is 0 Å². The minimum atomic E-state index is -0.162. The van der Waals surface area contributed by atoms with Gasteiger partial charge in [-0.2, -0.15) is 0 Å². The monoisotopic (exact) mass is 416 g/mol. The fourth-order valence-corrected chi connectivity index (χ4v) is 3.48. The lowest BCUT2D eigenvalue weighted by molar-refractivity contribution is -0.113. The van der Waals surface area contributed by atoms with E-state index in [-0.39, 0.29) is 5.91 Å². The molecule has 1 aliphatic heterocycles. The molecule has 1 heterocycles. The number of hydrogen-bond donors (Lipinski definition) is 1. The number of anilines is 1. The normalized spacial score (nSPS) is 15.6. The Hall–Kier alpha value is -2.18. The predicted octanol–water partition coefficient (Wildman–Crippen LogP) is 4.28. The first-order chi connectivity index (χ1) is 12.0. The Kier molecular flexibility index (Phi) is 5.20. The first kappa shape index (κ1) is 17.6. The van der Waals surface area contributed by atoms with Gasteiger partial charge in [0.05, 0.1) is 17.3 Å². The van der Waals surface area contributed by atoms with E-state index >= 15 is 0 Å². The van der Waals surface area contributed by atoms with Gasteiger partial charge in [0.2, 0.25) is 0 Å². The number of aryl methyl sites for hydroxylation is 1. The van der Waals surface area contributed by atoms with E-state index in [2.05, 4.69) is 28.2 Å². The van der Waals surface area contributed by atoms with Gasteiger partial charge in [0.1, 0.15) is 11.4 Å². The van der Waals surface area contributed by atoms with Crippen LogP contribution in [0.4, 0.5) is 5.69 Å². The van der Waals surface area contributed by atoms with Gasteiger partial charge in [0, 0.05) is 0 Å². The van der Waals surface area contributed by atoms with Crippen LogP contribution in [0.25, 0.3) is 6.08 Å². The molecule has 2 aromatic rings. The van der Waals surface area contributed by atoms with Crippen LogP contribution in [0, 0.1) is 0 Å². The molecule has 1 amide bonds. The molecule has 0 aromatic heterocycles. The average Bonchev–Trinajstić information content (AvgIpc) is 2.88. The number of carbonyl (C=O) groups is 1. The molecule has 4 nitrogen and oxygen atoms in total. The van der Waals surface area contributed by atoms with Crippen molar-refractivity contribution in [1.29, 1.82) is 0 Å². The zero-order chi connectivity index (χ0) is 18.0. The predicted molar refractivity (Wildman–Crippen MR) is 108 cm³/mol. The van der Waals surface area contributed by atoms with Gasteiger partial charge < -0.3 is 10.1 Å². The van der Waals surface area contributed by atoms with Crippen molar-refractivity contribution in [3.05, 3.63) is 63.8 Å². The Bertz CT molecular complexity index is 879. The summed E-state index contributed by atoms with van der Waals surface area (Å²) in [4.78, 5) is 14.3. The van der Waals surface area contributed by atoms with Gasteiger partial charge in [0.15, 0.2) is 5.11 Å². The zero-order valence-corrected chi connectivity index (χ0v) is 16.3. The summed E-state index contributed by atoms with van der Waals surface area (Å²) in [6.45, 7) is 2.08. The molecule has 0 saturated carbocycles. The van der Waals surface area contributed by atoms with Crippen molar-refractivity contribution in [2.45, 2.75) is 13.3 Å². The second-order valence-corrected chi connectivity index (χ2v) is 6.79. The van der Waals surface area contributed by atoms with Crippen molar-refractivity contribution in [3.8, 4) is 5.75 Å². The number of amides is 1. The standard InChI is InChI=1S/C19H17BrN2O2S/c1-3-12-5-4-6-14(9-12)22-18(23)16(21-19(22)25)11-13-7-8-17(24-2)15(20)10-13/h4-11H,3H2,1-2H3,(H,21,25)/b16-11+. The molecule has 0 unspecified atom stereocenters. The molecular weight excluding hydrogens is 400 g/mol. The second-order valence-electron chi connectivity index (χ2n) is 5.55. The molecule has 0 bridgehead atoms. The Morgan fingerprint density at radius 3 is 2.76 bits per heavy atom. The van der Waals surface area contributed by atoms with Crippen molar-refractivity contribution in [2.24, 2.45) is 0 Å². The summed E-state index contributed by atoms with van der Waals surface area (Å²) in [5.74, 6) is 0.576. The molecule has 1 saturated heterocycles. The number of carbonyl (C=O) groups excluding carboxylic acids is 1. The number of ether oxygens (including phenoxy) is 1. The van der Waals surface area contributed by atoms with Crippen LogP contribution in [0.3, 0.4) is 0 Å². The number of hydrogen-bond acceptors (Lipinski definition) is 3. The first-order valence-electron chi connectivity index (χ1n) is 7.83. The zero-order valence-electron chi connectivity index (χ0n) is 13.9. The number of nitrogens with zero attached hydrogens (tertiary/aromatic N) is 1. The minimum Gasteiger partial charge on any atom is -0.496 e. The van der Waals surface area contributed by atoms with Gasteiger partial charge >= 0.3 is 0 Å². The SMILES string of the molecule is CCc1cccc(N2C(=O)/C(=C\c3ccc(OC)c(Br)c3)NC2=S)c1. The van der Waals surface area contributed by atoms with Gasteiger partial charge in [-0.1, -0.05) is 25.1 Å². The van der Waals surface area contributed by atoms with E-state index in [1.807, 2.05) is 42.5 Å². The van der Waals surface area contributed by atoms with Crippen LogP contribution in [0.1, 0.15) is 18.1 Å². The van der Waals surface area contributed by atoms with Crippen molar-refractivity contribution in [1.82, 2.24) is 5.32 Å². The van der Waals surface area contributed by atoms with Crippen molar-refractivity contribution in [3.63, 3.8) is 0 Å². The van der Waals surface area contributed by atoms with Crippen LogP contribution in [-0.4, -0.2) is 18.1 Å². The summed E-state index contributed by atoms with van der Waals surface area (Å²) < 4.78 is 6.05. The van der Waals surface area contributed by atoms with Gasteiger partial charge in [-0.15, -0.1) is 0 Å². The number of nitrogens with one attached hydrogen (secondary N) is 1. The molecule has 3 rings (SSSR count). The molecule has 1 fully saturated rings. The summed E-state index contributed by atoms with van der Waals surface area (Å²) in [6, 6.07) is 13.5. The molecular formula is C19H17BrN2O2S. The van der Waals surface area contributed by atoms with E-state index in [1.165, 1.54) is 4.90 Å². The largest absolute Gasteiger partial charge is 0.496 e. The average molecular weight is 417 g/mol. The minimum absolute atomic E-state index is 0.162. The summed E-state index contributed by atoms with van der Waals surface area (Å²) in [7, 11) is 1.61. The third kappa shape index (κ3) is 3.60. The van der Waals surface area contributed by atoms with Crippen molar-refractivity contribution < 1.29 is 9.53 Å². The molecule has 6 heteroatoms. The van der Waals surface area contributed by atoms with Crippen LogP contribution in [-0.2, 0) is 11.2 Å². The van der Waals surface area contributed by atoms with E-state index in [0.717, 1.165) is 33.5 Å². The van der Waals surface area contributed by atoms with Gasteiger partial charge in [0.25, 0.3) is 5.91 Å². The van der Waals surface area contributed by atoms with E-state index in [9.17, 15) is 4.79 Å². The fraction of sp³-hybridized carbons (Fsp3) is 0.158. The Morgan fingerprint density at radius 2 is 2.08 bits per heavy atom. The molecule has 25 heavy (non-hydrogen) atoms. The molecule has 1 aliphatic rings. The van der Waals surface area contributed by atoms with Crippen LogP contribution < -0.4 is 15.0 Å². The van der Waals surface area contributed by atoms with Gasteiger partial charge in [-0.3, -0.25) is 9.69 Å². The molecule has 0 radical (unpaired) electrons. The second kappa shape index (κ2) is 7.37. The quantitative estimate of drug-likeness (QED) is 0.596. The number of methoxy groups -OCH3 is 1. The molecule has 128 valence electrons. The molecule has 1 N–H and O–H groups in total. The number of benzene rings is 2. The molecule has 0 aliphatic carbocycles. The first-order valence-corrected chi connectivity index (χ1v) is 9.03. The third-order valence-electron chi connectivity index (χ3n) is 3.94. The molecule has 0 atom stereocenters. The maximum Gasteiger partial charge on any atom is 0.281 e. The Morgan fingerprint density at radius 1 is 1.28 bits per heavy atom. The Labute approximate surface area is 160 Å². The highest BCUT2D eigenvalue weighted by Crippen LogP contribution is 2.28. The van der Waals surface area contributed by atoms with Gasteiger partial charge in [-0.25, -0.2) is 0 Å². The highest BCUT2D eigenvalue weighted by Gasteiger charge is 2.32. The topological polar surface area (TPSA) is 41.6 Å². The number of rotatable bonds is 4. The lowest BCUT2D eigenvalue weighted by atomic mass is 10.1. The molecule has 2 aromatic carbocycles. The summed E-state index contributed by atoms with van der Waals surface area (Å²) in [5.41, 5.74) is 3.25. The summed E-state index contributed by atoms with van der Waals surface area (Å²) in [6.07, 6.45) is 2.68. The maximum absolute atomic E-state index is 12.8. The lowest BCUT2D eigenvalue weighted by Crippen LogP contribution is -2.30. The third-order valence-corrected chi connectivity index (χ3v) is 4.85. The fourth-order valence-electron chi connectivity index (χ4n) is 2.62. The van der Waals surface area contributed by atoms with Crippen molar-refractivity contribution in [2.75, 3.05) is 12.0 Å². The van der Waals surface area contributed by atoms with E-state index in [0.29, 0.717) is 10.8 Å². The van der Waals surface area contributed by atoms with Gasteiger partial charge in [-0.05, 0) is 76.0 Å². The summed E-state index contributed by atoms with van der Waals surface area (Å²) >= 11 is 8.81. The number of thiocarbonyl (C=S) groups is 1.